The number of rotatable bonds is 12. The minimum atomic E-state index is -5.15. The molecule has 0 radical (unpaired) electrons. The summed E-state index contributed by atoms with van der Waals surface area (Å²) in [5.41, 5.74) is 11.7. The smallest absolute Gasteiger partial charge is 0.368 e. The molecule has 0 unspecified atom stereocenters. The molecule has 18 nitrogen and oxygen atoms in total. The number of amides is 8. The summed E-state index contributed by atoms with van der Waals surface area (Å²) in [6.45, 7) is 2.59. The van der Waals surface area contributed by atoms with E-state index >= 15 is 0 Å². The van der Waals surface area contributed by atoms with Gasteiger partial charge in [-0.1, -0.05) is 12.2 Å². The van der Waals surface area contributed by atoms with Crippen LogP contribution < -0.4 is 22.1 Å². The number of nitrogens with zero attached hydrogens (tertiary/aromatic N) is 4. The maximum Gasteiger partial charge on any atom is 0.442 e. The van der Waals surface area contributed by atoms with Gasteiger partial charge >= 0.3 is 22.5 Å². The molecule has 19 heteroatoms. The molecular weight excluding hydrogens is 568 g/mol. The summed E-state index contributed by atoms with van der Waals surface area (Å²) in [4.78, 5) is 74.7. The largest absolute Gasteiger partial charge is 0.442 e. The molecule has 4 aliphatic rings. The molecule has 6 N–H and O–H groups in total. The van der Waals surface area contributed by atoms with Crippen molar-refractivity contribution in [2.24, 2.45) is 11.5 Å². The molecule has 0 aliphatic carbocycles. The Labute approximate surface area is 234 Å². The predicted octanol–water partition coefficient (Wildman–Crippen LogP) is -3.05. The van der Waals surface area contributed by atoms with Crippen LogP contribution in [-0.4, -0.2) is 114 Å². The molecule has 2 fully saturated rings. The standard InChI is InChI=1S/C22H30N8O10S/c1-11(31)25-5-3-13-7-15(19(23)33)27-9-17(13)29(21(27)35)39-41(37,38)40-30-18-10-28(22(30)36)16(20(24)34)8-14(18)4-6-26-12(2)32/h7-8,15-18H,3-6,9-10H2,1-2H3,(H2,23,33)(H2,24,34)(H,25,31)(H,26,32)/t15-,16-,17-,18-/m0/s1. The van der Waals surface area contributed by atoms with E-state index in [9.17, 15) is 37.2 Å². The summed E-state index contributed by atoms with van der Waals surface area (Å²) in [6.07, 6.45) is 3.11. The summed E-state index contributed by atoms with van der Waals surface area (Å²) in [5, 5.41) is 6.16. The Balaban J connectivity index is 1.53. The third-order valence-electron chi connectivity index (χ3n) is 6.95. The average molecular weight is 599 g/mol. The molecule has 0 aromatic carbocycles. The van der Waals surface area contributed by atoms with E-state index in [1.165, 1.54) is 26.0 Å². The Bertz CT molecular complexity index is 1250. The molecule has 4 aliphatic heterocycles. The number of carbonyl (C=O) groups excluding carboxylic acids is 6. The molecule has 0 aromatic heterocycles. The van der Waals surface area contributed by atoms with Crippen LogP contribution >= 0.6 is 0 Å². The van der Waals surface area contributed by atoms with Gasteiger partial charge in [-0.3, -0.25) is 19.2 Å². The van der Waals surface area contributed by atoms with E-state index in [1.807, 2.05) is 0 Å². The number of urea groups is 2. The minimum absolute atomic E-state index is 0.128. The Morgan fingerprint density at radius 1 is 0.805 bits per heavy atom. The van der Waals surface area contributed by atoms with Crippen molar-refractivity contribution in [2.45, 2.75) is 50.9 Å². The van der Waals surface area contributed by atoms with Crippen LogP contribution in [0.2, 0.25) is 0 Å². The van der Waals surface area contributed by atoms with Crippen molar-refractivity contribution in [2.75, 3.05) is 26.2 Å². The van der Waals surface area contributed by atoms with Gasteiger partial charge in [-0.2, -0.15) is 18.5 Å². The van der Waals surface area contributed by atoms with Gasteiger partial charge in [-0.15, -0.1) is 8.57 Å². The van der Waals surface area contributed by atoms with Gasteiger partial charge in [0.15, 0.2) is 0 Å². The summed E-state index contributed by atoms with van der Waals surface area (Å²) in [7, 11) is -5.15. The molecule has 41 heavy (non-hydrogen) atoms. The van der Waals surface area contributed by atoms with Gasteiger partial charge in [-0.05, 0) is 24.0 Å². The molecule has 0 aromatic rings. The summed E-state index contributed by atoms with van der Waals surface area (Å²) >= 11 is 0. The number of nitrogens with two attached hydrogens (primary N) is 2. The molecule has 4 heterocycles. The van der Waals surface area contributed by atoms with E-state index in [2.05, 4.69) is 10.6 Å². The number of hydrogen-bond donors (Lipinski definition) is 4. The second-order valence-corrected chi connectivity index (χ2v) is 10.9. The summed E-state index contributed by atoms with van der Waals surface area (Å²) in [6, 6.07) is -6.30. The van der Waals surface area contributed by atoms with Crippen molar-refractivity contribution in [3.63, 3.8) is 0 Å². The van der Waals surface area contributed by atoms with E-state index in [4.69, 9.17) is 20.0 Å². The number of hydroxylamine groups is 4. The van der Waals surface area contributed by atoms with Gasteiger partial charge in [0.25, 0.3) is 0 Å². The molecule has 4 bridgehead atoms. The maximum atomic E-state index is 13.1. The van der Waals surface area contributed by atoms with Crippen LogP contribution in [0, 0.1) is 0 Å². The maximum absolute atomic E-state index is 13.1. The Morgan fingerprint density at radius 2 is 1.17 bits per heavy atom. The molecular formula is C22H30N8O10S. The molecule has 0 saturated carbocycles. The van der Waals surface area contributed by atoms with Crippen molar-refractivity contribution in [1.29, 1.82) is 0 Å². The second-order valence-electron chi connectivity index (χ2n) is 9.75. The zero-order chi connectivity index (χ0) is 30.2. The van der Waals surface area contributed by atoms with Crippen molar-refractivity contribution in [1.82, 2.24) is 30.6 Å². The average Bonchev–Trinajstić information content (AvgIpc) is 3.28. The topological polar surface area (TPSA) is 244 Å². The van der Waals surface area contributed by atoms with Crippen molar-refractivity contribution in [3.8, 4) is 0 Å². The van der Waals surface area contributed by atoms with E-state index in [-0.39, 0.29) is 50.8 Å². The molecule has 4 rings (SSSR count). The van der Waals surface area contributed by atoms with Crippen LogP contribution in [0.5, 0.6) is 0 Å². The van der Waals surface area contributed by atoms with Gasteiger partial charge in [0, 0.05) is 26.9 Å². The Morgan fingerprint density at radius 3 is 1.49 bits per heavy atom. The lowest BCUT2D eigenvalue weighted by Gasteiger charge is -2.28. The van der Waals surface area contributed by atoms with Crippen LogP contribution in [-0.2, 0) is 38.1 Å². The second kappa shape index (κ2) is 11.3. The molecule has 224 valence electrons. The van der Waals surface area contributed by atoms with Crippen LogP contribution in [0.4, 0.5) is 9.59 Å². The number of primary amides is 2. The van der Waals surface area contributed by atoms with Crippen LogP contribution in [0.1, 0.15) is 26.7 Å². The zero-order valence-corrected chi connectivity index (χ0v) is 23.0. The number of nitrogens with one attached hydrogen (secondary N) is 2. The minimum Gasteiger partial charge on any atom is -0.368 e. The third-order valence-corrected chi connectivity index (χ3v) is 7.63. The fourth-order valence-corrected chi connectivity index (χ4v) is 5.88. The number of carbonyl (C=O) groups is 6. The highest BCUT2D eigenvalue weighted by Crippen LogP contribution is 2.35. The van der Waals surface area contributed by atoms with Gasteiger partial charge < -0.3 is 31.9 Å². The van der Waals surface area contributed by atoms with E-state index in [1.54, 1.807) is 0 Å². The van der Waals surface area contributed by atoms with Gasteiger partial charge in [0.1, 0.15) is 24.2 Å². The first-order chi connectivity index (χ1) is 19.2. The fraction of sp³-hybridized carbons (Fsp3) is 0.545. The van der Waals surface area contributed by atoms with Gasteiger partial charge in [-0.25, -0.2) is 9.59 Å². The normalized spacial score (nSPS) is 25.2. The van der Waals surface area contributed by atoms with E-state index in [0.717, 1.165) is 9.80 Å². The van der Waals surface area contributed by atoms with Crippen molar-refractivity contribution < 1.29 is 45.8 Å². The zero-order valence-electron chi connectivity index (χ0n) is 22.1. The molecule has 8 amide bonds. The lowest BCUT2D eigenvalue weighted by molar-refractivity contribution is -0.121. The van der Waals surface area contributed by atoms with Crippen LogP contribution in [0.3, 0.4) is 0 Å². The molecule has 2 saturated heterocycles. The summed E-state index contributed by atoms with van der Waals surface area (Å²) in [5.74, 6) is -2.36. The molecule has 4 atom stereocenters. The van der Waals surface area contributed by atoms with E-state index < -0.39 is 58.4 Å². The first-order valence-corrected chi connectivity index (χ1v) is 13.9. The lowest BCUT2D eigenvalue weighted by Crippen LogP contribution is -2.47. The first-order valence-electron chi connectivity index (χ1n) is 12.5. The lowest BCUT2D eigenvalue weighted by atomic mass is 9.97. The van der Waals surface area contributed by atoms with Crippen molar-refractivity contribution >= 4 is 46.1 Å². The predicted molar refractivity (Wildman–Crippen MR) is 135 cm³/mol. The molecule has 0 spiro atoms. The monoisotopic (exact) mass is 598 g/mol. The van der Waals surface area contributed by atoms with Crippen molar-refractivity contribution in [3.05, 3.63) is 23.3 Å². The van der Waals surface area contributed by atoms with Crippen LogP contribution in [0.25, 0.3) is 0 Å². The van der Waals surface area contributed by atoms with Gasteiger partial charge in [0.2, 0.25) is 23.6 Å². The number of hydrogen-bond acceptors (Lipinski definition) is 10. The highest BCUT2D eigenvalue weighted by molar-refractivity contribution is 7.81. The highest BCUT2D eigenvalue weighted by atomic mass is 32.3. The van der Waals surface area contributed by atoms with Gasteiger partial charge in [0.05, 0.1) is 13.1 Å². The fourth-order valence-electron chi connectivity index (χ4n) is 5.12. The van der Waals surface area contributed by atoms with Crippen LogP contribution in [0.15, 0.2) is 23.3 Å². The summed E-state index contributed by atoms with van der Waals surface area (Å²) < 4.78 is 36.2. The highest BCUT2D eigenvalue weighted by Gasteiger charge is 2.52. The SMILES string of the molecule is CC(=O)NCCC1=C[C@@H](C(N)=O)N2C[C@@H]1N(OS(=O)(=O)ON1C(=O)N3C[C@H]1C(CCNC(C)=O)=C[C@H]3C(N)=O)C2=O. The Hall–Kier alpha value is -4.23. The first kappa shape index (κ1) is 29.7. The number of fused-ring (bicyclic) bond motifs is 4. The van der Waals surface area contributed by atoms with E-state index in [0.29, 0.717) is 21.3 Å². The Kier molecular flexibility index (Phi) is 8.22. The quantitative estimate of drug-likeness (QED) is 0.165. The third kappa shape index (κ3) is 6.10.